The van der Waals surface area contributed by atoms with E-state index in [1.54, 1.807) is 11.3 Å². The molecule has 1 amide bonds. The van der Waals surface area contributed by atoms with E-state index in [9.17, 15) is 4.79 Å². The van der Waals surface area contributed by atoms with E-state index in [1.807, 2.05) is 35.4 Å². The summed E-state index contributed by atoms with van der Waals surface area (Å²) in [6, 6.07) is 10.3. The fourth-order valence-electron chi connectivity index (χ4n) is 3.04. The molecule has 2 aromatic heterocycles. The zero-order valence-electron chi connectivity index (χ0n) is 15.5. The highest BCUT2D eigenvalue weighted by Gasteiger charge is 2.19. The Morgan fingerprint density at radius 3 is 2.86 bits per heavy atom. The molecule has 3 aromatic rings. The molecule has 144 valence electrons. The molecular formula is C20H20N4O2S2. The van der Waals surface area contributed by atoms with Crippen LogP contribution in [0, 0.1) is 6.92 Å². The third-order valence-electron chi connectivity index (χ3n) is 4.47. The summed E-state index contributed by atoms with van der Waals surface area (Å²) < 4.78 is 5.63. The second-order valence-corrected chi connectivity index (χ2v) is 8.46. The first-order chi connectivity index (χ1) is 13.7. The van der Waals surface area contributed by atoms with Gasteiger partial charge >= 0.3 is 0 Å². The number of carbonyl (C=O) groups is 1. The third-order valence-corrected chi connectivity index (χ3v) is 6.10. The van der Waals surface area contributed by atoms with E-state index in [2.05, 4.69) is 33.4 Å². The minimum Gasteiger partial charge on any atom is -0.416 e. The molecule has 1 aliphatic rings. The van der Waals surface area contributed by atoms with E-state index in [-0.39, 0.29) is 5.91 Å². The number of hydrogen-bond donors (Lipinski definition) is 0. The maximum atomic E-state index is 12.5. The van der Waals surface area contributed by atoms with Gasteiger partial charge in [0.15, 0.2) is 0 Å². The number of thiazole rings is 1. The smallest absolute Gasteiger partial charge is 0.277 e. The molecule has 0 N–H and O–H groups in total. The van der Waals surface area contributed by atoms with Crippen LogP contribution in [0.3, 0.4) is 0 Å². The molecule has 0 bridgehead atoms. The molecule has 0 saturated heterocycles. The number of carbonyl (C=O) groups excluding carboxylic acids is 1. The fourth-order valence-corrected chi connectivity index (χ4v) is 4.33. The zero-order chi connectivity index (χ0) is 19.3. The molecular weight excluding hydrogens is 392 g/mol. The van der Waals surface area contributed by atoms with Crippen LogP contribution in [0.2, 0.25) is 0 Å². The average molecular weight is 413 g/mol. The van der Waals surface area contributed by atoms with Crippen molar-refractivity contribution in [1.82, 2.24) is 20.1 Å². The van der Waals surface area contributed by atoms with Crippen LogP contribution in [0.5, 0.6) is 0 Å². The van der Waals surface area contributed by atoms with Gasteiger partial charge in [0.2, 0.25) is 11.8 Å². The molecule has 0 saturated carbocycles. The molecule has 0 unspecified atom stereocenters. The van der Waals surface area contributed by atoms with Crippen LogP contribution in [0.4, 0.5) is 0 Å². The highest BCUT2D eigenvalue weighted by Crippen LogP contribution is 2.23. The van der Waals surface area contributed by atoms with Gasteiger partial charge in [-0.2, -0.15) is 0 Å². The van der Waals surface area contributed by atoms with Gasteiger partial charge in [0.25, 0.3) is 5.22 Å². The molecule has 0 spiro atoms. The summed E-state index contributed by atoms with van der Waals surface area (Å²) in [6.07, 6.45) is 3.53. The van der Waals surface area contributed by atoms with Gasteiger partial charge in [-0.25, -0.2) is 4.98 Å². The SMILES string of the molecule is Cc1nc(Cc2nnc(SCC(=O)N3CC=C(c4ccccc4)CC3)o2)cs1. The van der Waals surface area contributed by atoms with Crippen LogP contribution in [-0.2, 0) is 11.2 Å². The lowest BCUT2D eigenvalue weighted by Crippen LogP contribution is -2.35. The lowest BCUT2D eigenvalue weighted by molar-refractivity contribution is -0.127. The Morgan fingerprint density at radius 1 is 1.29 bits per heavy atom. The van der Waals surface area contributed by atoms with Gasteiger partial charge in [-0.15, -0.1) is 21.5 Å². The topological polar surface area (TPSA) is 72.1 Å². The lowest BCUT2D eigenvalue weighted by atomic mass is 10.00. The molecule has 0 radical (unpaired) electrons. The highest BCUT2D eigenvalue weighted by molar-refractivity contribution is 7.99. The van der Waals surface area contributed by atoms with Crippen LogP contribution in [0.15, 0.2) is 51.4 Å². The third kappa shape index (κ3) is 4.69. The van der Waals surface area contributed by atoms with E-state index < -0.39 is 0 Å². The van der Waals surface area contributed by atoms with Crippen LogP contribution < -0.4 is 0 Å². The summed E-state index contributed by atoms with van der Waals surface area (Å²) in [6.45, 7) is 3.34. The van der Waals surface area contributed by atoms with Crippen molar-refractivity contribution < 1.29 is 9.21 Å². The van der Waals surface area contributed by atoms with Crippen molar-refractivity contribution in [2.24, 2.45) is 0 Å². The van der Waals surface area contributed by atoms with E-state index in [1.165, 1.54) is 22.9 Å². The van der Waals surface area contributed by atoms with Gasteiger partial charge in [-0.05, 0) is 24.5 Å². The van der Waals surface area contributed by atoms with Gasteiger partial charge in [-0.1, -0.05) is 48.2 Å². The van der Waals surface area contributed by atoms with Gasteiger partial charge in [0, 0.05) is 18.5 Å². The summed E-state index contributed by atoms with van der Waals surface area (Å²) in [5.74, 6) is 0.906. The van der Waals surface area contributed by atoms with Crippen LogP contribution >= 0.6 is 23.1 Å². The average Bonchev–Trinajstić information content (AvgIpc) is 3.36. The Balaban J connectivity index is 1.27. The number of hydrogen-bond acceptors (Lipinski definition) is 7. The molecule has 0 fully saturated rings. The lowest BCUT2D eigenvalue weighted by Gasteiger charge is -2.26. The highest BCUT2D eigenvalue weighted by atomic mass is 32.2. The molecule has 6 nitrogen and oxygen atoms in total. The number of amides is 1. The summed E-state index contributed by atoms with van der Waals surface area (Å²) in [7, 11) is 0. The van der Waals surface area contributed by atoms with Crippen molar-refractivity contribution in [3.05, 3.63) is 63.9 Å². The number of nitrogens with zero attached hydrogens (tertiary/aromatic N) is 4. The standard InChI is InChI=1S/C20H20N4O2S2/c1-14-21-17(12-27-14)11-18-22-23-20(26-18)28-13-19(25)24-9-7-16(8-10-24)15-5-3-2-4-6-15/h2-7,12H,8-11,13H2,1H3. The van der Waals surface area contributed by atoms with Crippen LogP contribution in [-0.4, -0.2) is 44.8 Å². The summed E-state index contributed by atoms with van der Waals surface area (Å²) >= 11 is 2.88. The van der Waals surface area contributed by atoms with Crippen molar-refractivity contribution in [1.29, 1.82) is 0 Å². The van der Waals surface area contributed by atoms with Crippen molar-refractivity contribution in [3.8, 4) is 0 Å². The molecule has 0 atom stereocenters. The molecule has 3 heterocycles. The molecule has 28 heavy (non-hydrogen) atoms. The predicted molar refractivity (Wildman–Crippen MR) is 110 cm³/mol. The maximum Gasteiger partial charge on any atom is 0.277 e. The van der Waals surface area contributed by atoms with Crippen LogP contribution in [0.25, 0.3) is 5.57 Å². The van der Waals surface area contributed by atoms with Gasteiger partial charge in [0.05, 0.1) is 22.9 Å². The normalized spacial score (nSPS) is 14.2. The molecule has 0 aliphatic carbocycles. The van der Waals surface area contributed by atoms with E-state index in [0.717, 1.165) is 23.7 Å². The number of aryl methyl sites for hydroxylation is 1. The second kappa shape index (κ2) is 8.70. The largest absolute Gasteiger partial charge is 0.416 e. The monoisotopic (exact) mass is 412 g/mol. The molecule has 1 aromatic carbocycles. The number of aromatic nitrogens is 3. The summed E-state index contributed by atoms with van der Waals surface area (Å²) in [5.41, 5.74) is 3.46. The Labute approximate surface area is 171 Å². The van der Waals surface area contributed by atoms with Gasteiger partial charge < -0.3 is 9.32 Å². The van der Waals surface area contributed by atoms with Gasteiger partial charge in [-0.3, -0.25) is 4.79 Å². The number of thioether (sulfide) groups is 1. The zero-order valence-corrected chi connectivity index (χ0v) is 17.1. The molecule has 8 heteroatoms. The summed E-state index contributed by atoms with van der Waals surface area (Å²) in [5, 5.41) is 11.5. The second-order valence-electron chi connectivity index (χ2n) is 6.47. The van der Waals surface area contributed by atoms with E-state index in [0.29, 0.717) is 29.8 Å². The Hall–Kier alpha value is -2.45. The number of rotatable bonds is 6. The summed E-state index contributed by atoms with van der Waals surface area (Å²) in [4.78, 5) is 18.8. The van der Waals surface area contributed by atoms with Gasteiger partial charge in [0.1, 0.15) is 0 Å². The Kier molecular flexibility index (Phi) is 5.87. The fraction of sp³-hybridized carbons (Fsp3) is 0.300. The van der Waals surface area contributed by atoms with Crippen molar-refractivity contribution in [3.63, 3.8) is 0 Å². The first kappa shape index (κ1) is 18.9. The van der Waals surface area contributed by atoms with Crippen LogP contribution in [0.1, 0.15) is 28.6 Å². The quantitative estimate of drug-likeness (QED) is 0.573. The Bertz CT molecular complexity index is 981. The molecule has 4 rings (SSSR count). The van der Waals surface area contributed by atoms with Crippen molar-refractivity contribution in [2.45, 2.75) is 25.0 Å². The van der Waals surface area contributed by atoms with E-state index in [4.69, 9.17) is 4.42 Å². The molecule has 1 aliphatic heterocycles. The number of benzene rings is 1. The minimum atomic E-state index is 0.0863. The maximum absolute atomic E-state index is 12.5. The predicted octanol–water partition coefficient (Wildman–Crippen LogP) is 3.83. The Morgan fingerprint density at radius 2 is 2.14 bits per heavy atom. The first-order valence-electron chi connectivity index (χ1n) is 9.06. The minimum absolute atomic E-state index is 0.0863. The van der Waals surface area contributed by atoms with E-state index >= 15 is 0 Å². The van der Waals surface area contributed by atoms with Crippen molar-refractivity contribution in [2.75, 3.05) is 18.8 Å². The van der Waals surface area contributed by atoms with Crippen molar-refractivity contribution >= 4 is 34.6 Å². The first-order valence-corrected chi connectivity index (χ1v) is 10.9.